The predicted molar refractivity (Wildman–Crippen MR) is 120 cm³/mol. The first-order chi connectivity index (χ1) is 14.1. The van der Waals surface area contributed by atoms with Gasteiger partial charge in [0.25, 0.3) is 0 Å². The van der Waals surface area contributed by atoms with Gasteiger partial charge in [-0.3, -0.25) is 15.6 Å². The molecule has 0 spiro atoms. The Morgan fingerprint density at radius 3 is 2.41 bits per heavy atom. The summed E-state index contributed by atoms with van der Waals surface area (Å²) in [5.41, 5.74) is 8.18. The van der Waals surface area contributed by atoms with Gasteiger partial charge in [0, 0.05) is 5.75 Å². The lowest BCUT2D eigenvalue weighted by atomic mass is 10.2. The van der Waals surface area contributed by atoms with Gasteiger partial charge in [0.05, 0.1) is 18.6 Å². The Morgan fingerprint density at radius 2 is 1.72 bits per heavy atom. The maximum absolute atomic E-state index is 12.1. The molecule has 0 atom stereocenters. The topological polar surface area (TPSA) is 76.1 Å². The molecule has 1 heterocycles. The predicted octanol–water partition coefficient (Wildman–Crippen LogP) is 4.22. The molecule has 0 radical (unpaired) electrons. The molecule has 9 heteroatoms. The van der Waals surface area contributed by atoms with Gasteiger partial charge in [-0.05, 0) is 35.4 Å². The zero-order valence-corrected chi connectivity index (χ0v) is 18.2. The fraction of sp³-hybridized carbons (Fsp3) is 0.150. The Kier molecular flexibility index (Phi) is 7.97. The molecule has 3 rings (SSSR count). The Hall–Kier alpha value is -2.49. The molecule has 29 heavy (non-hydrogen) atoms. The highest BCUT2D eigenvalue weighted by molar-refractivity contribution is 8.03. The highest BCUT2D eigenvalue weighted by Crippen LogP contribution is 2.30. The van der Waals surface area contributed by atoms with Gasteiger partial charge in [-0.2, -0.15) is 0 Å². The number of thioether (sulfide) groups is 2. The molecule has 2 N–H and O–H groups in total. The number of methoxy groups -OCH3 is 1. The van der Waals surface area contributed by atoms with Crippen LogP contribution in [0.4, 0.5) is 0 Å². The van der Waals surface area contributed by atoms with Gasteiger partial charge in [-0.15, -0.1) is 10.2 Å². The first-order valence-electron chi connectivity index (χ1n) is 8.65. The molecule has 0 aliphatic carbocycles. The molecule has 150 valence electrons. The van der Waals surface area contributed by atoms with Crippen molar-refractivity contribution in [3.8, 4) is 5.75 Å². The van der Waals surface area contributed by atoms with Gasteiger partial charge >= 0.3 is 0 Å². The van der Waals surface area contributed by atoms with Gasteiger partial charge in [0.2, 0.25) is 5.91 Å². The summed E-state index contributed by atoms with van der Waals surface area (Å²) >= 11 is 4.49. The summed E-state index contributed by atoms with van der Waals surface area (Å²) in [4.78, 5) is 12.1. The minimum absolute atomic E-state index is 0.168. The largest absolute Gasteiger partial charge is 0.497 e. The second-order valence-electron chi connectivity index (χ2n) is 5.78. The minimum Gasteiger partial charge on any atom is -0.497 e. The van der Waals surface area contributed by atoms with Crippen LogP contribution < -0.4 is 15.6 Å². The number of rotatable bonds is 10. The molecule has 6 nitrogen and oxygen atoms in total. The standard InChI is InChI=1S/C20H20N4O2S3/c1-14(16-8-10-17(26-2)11-9-16)21-22-18(25)13-28-20-24-23-19(29-20)27-12-15-6-4-3-5-7-15/h3-11,21H,1,12-13H2,2H3,(H,22,25). The van der Waals surface area contributed by atoms with Crippen LogP contribution in [0.1, 0.15) is 11.1 Å². The van der Waals surface area contributed by atoms with E-state index in [1.54, 1.807) is 18.9 Å². The Morgan fingerprint density at radius 1 is 1.03 bits per heavy atom. The summed E-state index contributed by atoms with van der Waals surface area (Å²) in [6, 6.07) is 17.6. The molecule has 0 aliphatic heterocycles. The van der Waals surface area contributed by atoms with Crippen molar-refractivity contribution in [2.24, 2.45) is 0 Å². The normalized spacial score (nSPS) is 10.4. The first-order valence-corrected chi connectivity index (χ1v) is 11.4. The number of ether oxygens (including phenoxy) is 1. The van der Waals surface area contributed by atoms with Crippen molar-refractivity contribution in [1.29, 1.82) is 0 Å². The maximum atomic E-state index is 12.1. The lowest BCUT2D eigenvalue weighted by molar-refractivity contribution is -0.119. The van der Waals surface area contributed by atoms with E-state index in [-0.39, 0.29) is 11.7 Å². The van der Waals surface area contributed by atoms with Crippen LogP contribution in [0.25, 0.3) is 5.70 Å². The van der Waals surface area contributed by atoms with Crippen molar-refractivity contribution in [1.82, 2.24) is 21.0 Å². The monoisotopic (exact) mass is 444 g/mol. The van der Waals surface area contributed by atoms with Crippen LogP contribution in [-0.2, 0) is 10.5 Å². The molecule has 0 aliphatic rings. The fourth-order valence-corrected chi connectivity index (χ4v) is 4.98. The van der Waals surface area contributed by atoms with E-state index in [0.29, 0.717) is 5.70 Å². The van der Waals surface area contributed by atoms with Crippen LogP contribution in [0.2, 0.25) is 0 Å². The first kappa shape index (κ1) is 21.2. The molecule has 0 saturated carbocycles. The number of hydrazine groups is 1. The van der Waals surface area contributed by atoms with Crippen molar-refractivity contribution < 1.29 is 9.53 Å². The molecule has 0 unspecified atom stereocenters. The minimum atomic E-state index is -0.168. The molecule has 0 saturated heterocycles. The molecular weight excluding hydrogens is 424 g/mol. The highest BCUT2D eigenvalue weighted by Gasteiger charge is 2.09. The third-order valence-electron chi connectivity index (χ3n) is 3.71. The summed E-state index contributed by atoms with van der Waals surface area (Å²) in [5.74, 6) is 1.68. The lowest BCUT2D eigenvalue weighted by Crippen LogP contribution is -2.37. The van der Waals surface area contributed by atoms with Crippen molar-refractivity contribution >= 4 is 46.5 Å². The van der Waals surface area contributed by atoms with Crippen molar-refractivity contribution in [2.75, 3.05) is 12.9 Å². The van der Waals surface area contributed by atoms with E-state index in [0.717, 1.165) is 25.7 Å². The van der Waals surface area contributed by atoms with Crippen LogP contribution in [-0.4, -0.2) is 29.0 Å². The summed E-state index contributed by atoms with van der Waals surface area (Å²) in [6.07, 6.45) is 0. The van der Waals surface area contributed by atoms with Gasteiger partial charge in [0.15, 0.2) is 8.68 Å². The van der Waals surface area contributed by atoms with Crippen LogP contribution in [0.15, 0.2) is 69.9 Å². The van der Waals surface area contributed by atoms with E-state index >= 15 is 0 Å². The summed E-state index contributed by atoms with van der Waals surface area (Å²) in [7, 11) is 1.61. The van der Waals surface area contributed by atoms with Gasteiger partial charge in [-0.1, -0.05) is 71.8 Å². The number of nitrogens with zero attached hydrogens (tertiary/aromatic N) is 2. The van der Waals surface area contributed by atoms with E-state index in [9.17, 15) is 4.79 Å². The molecular formula is C20H20N4O2S3. The zero-order valence-electron chi connectivity index (χ0n) is 15.8. The zero-order chi connectivity index (χ0) is 20.5. The lowest BCUT2D eigenvalue weighted by Gasteiger charge is -2.11. The molecule has 0 fully saturated rings. The molecule has 1 amide bonds. The van der Waals surface area contributed by atoms with E-state index in [2.05, 4.69) is 39.8 Å². The molecule has 1 aromatic heterocycles. The third-order valence-corrected chi connectivity index (χ3v) is 6.97. The molecule has 0 bridgehead atoms. The van der Waals surface area contributed by atoms with E-state index < -0.39 is 0 Å². The van der Waals surface area contributed by atoms with Gasteiger partial charge in [0.1, 0.15) is 5.75 Å². The summed E-state index contributed by atoms with van der Waals surface area (Å²) in [5, 5.41) is 8.32. The molecule has 3 aromatic rings. The second-order valence-corrected chi connectivity index (χ2v) is 9.20. The Bertz CT molecular complexity index is 946. The summed E-state index contributed by atoms with van der Waals surface area (Å²) in [6.45, 7) is 3.92. The van der Waals surface area contributed by atoms with E-state index in [1.807, 2.05) is 42.5 Å². The number of benzene rings is 2. The van der Waals surface area contributed by atoms with E-state index in [4.69, 9.17) is 4.74 Å². The van der Waals surface area contributed by atoms with Gasteiger partial charge in [-0.25, -0.2) is 0 Å². The van der Waals surface area contributed by atoms with Crippen molar-refractivity contribution in [2.45, 2.75) is 14.4 Å². The van der Waals surface area contributed by atoms with Crippen LogP contribution >= 0.6 is 34.9 Å². The number of amides is 1. The Balaban J connectivity index is 1.39. The SMILES string of the molecule is C=C(NNC(=O)CSc1nnc(SCc2ccccc2)s1)c1ccc(OC)cc1. The van der Waals surface area contributed by atoms with Crippen LogP contribution in [0.5, 0.6) is 5.75 Å². The number of aromatic nitrogens is 2. The summed E-state index contributed by atoms with van der Waals surface area (Å²) < 4.78 is 6.79. The third kappa shape index (κ3) is 6.81. The van der Waals surface area contributed by atoms with Crippen LogP contribution in [0, 0.1) is 0 Å². The maximum Gasteiger partial charge on any atom is 0.248 e. The number of hydrogen-bond acceptors (Lipinski definition) is 8. The average molecular weight is 445 g/mol. The van der Waals surface area contributed by atoms with Crippen LogP contribution in [0.3, 0.4) is 0 Å². The highest BCUT2D eigenvalue weighted by atomic mass is 32.2. The fourth-order valence-electron chi connectivity index (χ4n) is 2.21. The van der Waals surface area contributed by atoms with Crippen molar-refractivity contribution in [3.05, 3.63) is 72.3 Å². The average Bonchev–Trinajstić information content (AvgIpc) is 3.23. The smallest absolute Gasteiger partial charge is 0.248 e. The van der Waals surface area contributed by atoms with Gasteiger partial charge < -0.3 is 4.74 Å². The van der Waals surface area contributed by atoms with Crippen molar-refractivity contribution in [3.63, 3.8) is 0 Å². The number of carbonyl (C=O) groups excluding carboxylic acids is 1. The number of carbonyl (C=O) groups is 1. The quantitative estimate of drug-likeness (QED) is 0.358. The number of nitrogens with one attached hydrogen (secondary N) is 2. The second kappa shape index (κ2) is 10.9. The number of hydrogen-bond donors (Lipinski definition) is 2. The molecule has 2 aromatic carbocycles. The van der Waals surface area contributed by atoms with E-state index in [1.165, 1.54) is 28.7 Å². The Labute approximate surface area is 182 Å².